The van der Waals surface area contributed by atoms with Crippen molar-refractivity contribution in [3.8, 4) is 17.1 Å². The first-order valence-corrected chi connectivity index (χ1v) is 6.30. The van der Waals surface area contributed by atoms with Crippen molar-refractivity contribution in [3.05, 3.63) is 18.5 Å². The zero-order chi connectivity index (χ0) is 13.2. The number of nitrogens with zero attached hydrogens (tertiary/aromatic N) is 4. The number of nitrogens with one attached hydrogen (secondary N) is 1. The fourth-order valence-corrected chi connectivity index (χ4v) is 2.27. The Morgan fingerprint density at radius 2 is 2.32 bits per heavy atom. The van der Waals surface area contributed by atoms with E-state index in [2.05, 4.69) is 25.1 Å². The molecule has 1 aliphatic rings. The second kappa shape index (κ2) is 4.85. The first-order valence-electron chi connectivity index (χ1n) is 6.30. The Morgan fingerprint density at radius 1 is 1.42 bits per heavy atom. The van der Waals surface area contributed by atoms with Gasteiger partial charge in [0.2, 0.25) is 5.95 Å². The zero-order valence-electron chi connectivity index (χ0n) is 10.5. The van der Waals surface area contributed by atoms with Gasteiger partial charge < -0.3 is 15.7 Å². The molecule has 2 aromatic heterocycles. The molecule has 0 spiro atoms. The van der Waals surface area contributed by atoms with E-state index in [1.165, 1.54) is 6.20 Å². The van der Waals surface area contributed by atoms with Crippen LogP contribution in [0.4, 0.5) is 5.95 Å². The van der Waals surface area contributed by atoms with Crippen molar-refractivity contribution in [2.24, 2.45) is 5.73 Å². The standard InChI is InChI=1S/C12H16N6O/c13-9-2-1-3-18(7-9)12-15-11(16-17-12)8-4-10(19)6-14-5-8/h4-6,9,19H,1-3,7,13H2,(H,15,16,17). The van der Waals surface area contributed by atoms with E-state index in [0.717, 1.165) is 25.9 Å². The lowest BCUT2D eigenvalue weighted by Gasteiger charge is -2.29. The minimum absolute atomic E-state index is 0.107. The maximum absolute atomic E-state index is 9.41. The molecule has 7 nitrogen and oxygen atoms in total. The van der Waals surface area contributed by atoms with Crippen LogP contribution in [0, 0.1) is 0 Å². The number of hydrogen-bond donors (Lipinski definition) is 3. The van der Waals surface area contributed by atoms with Crippen LogP contribution in [-0.2, 0) is 0 Å². The van der Waals surface area contributed by atoms with E-state index in [1.807, 2.05) is 0 Å². The van der Waals surface area contributed by atoms with E-state index in [1.54, 1.807) is 12.3 Å². The maximum atomic E-state index is 9.41. The van der Waals surface area contributed by atoms with Crippen LogP contribution < -0.4 is 10.6 Å². The molecule has 0 aromatic carbocycles. The number of hydrogen-bond acceptors (Lipinski definition) is 6. The molecule has 1 atom stereocenters. The van der Waals surface area contributed by atoms with E-state index >= 15 is 0 Å². The van der Waals surface area contributed by atoms with Gasteiger partial charge in [-0.1, -0.05) is 0 Å². The molecule has 0 bridgehead atoms. The first kappa shape index (κ1) is 11.9. The molecule has 0 aliphatic carbocycles. The summed E-state index contributed by atoms with van der Waals surface area (Å²) in [5.74, 6) is 1.35. The van der Waals surface area contributed by atoms with Crippen molar-refractivity contribution in [1.82, 2.24) is 20.2 Å². The van der Waals surface area contributed by atoms with Crippen LogP contribution in [0.3, 0.4) is 0 Å². The van der Waals surface area contributed by atoms with E-state index in [4.69, 9.17) is 5.73 Å². The highest BCUT2D eigenvalue weighted by Crippen LogP contribution is 2.21. The maximum Gasteiger partial charge on any atom is 0.245 e. The number of anilines is 1. The molecule has 0 amide bonds. The van der Waals surface area contributed by atoms with E-state index in [0.29, 0.717) is 17.3 Å². The lowest BCUT2D eigenvalue weighted by molar-refractivity contribution is 0.473. The lowest BCUT2D eigenvalue weighted by Crippen LogP contribution is -2.43. The predicted octanol–water partition coefficient (Wildman–Crippen LogP) is 0.500. The summed E-state index contributed by atoms with van der Waals surface area (Å²) in [4.78, 5) is 10.4. The van der Waals surface area contributed by atoms with Crippen molar-refractivity contribution in [3.63, 3.8) is 0 Å². The Morgan fingerprint density at radius 3 is 3.11 bits per heavy atom. The highest BCUT2D eigenvalue weighted by molar-refractivity contribution is 5.56. The van der Waals surface area contributed by atoms with Crippen LogP contribution in [0.2, 0.25) is 0 Å². The van der Waals surface area contributed by atoms with E-state index in [-0.39, 0.29) is 11.8 Å². The summed E-state index contributed by atoms with van der Waals surface area (Å²) in [6, 6.07) is 1.78. The summed E-state index contributed by atoms with van der Waals surface area (Å²) in [6.07, 6.45) is 5.11. The van der Waals surface area contributed by atoms with Gasteiger partial charge in [0.1, 0.15) is 5.75 Å². The number of rotatable bonds is 2. The highest BCUT2D eigenvalue weighted by atomic mass is 16.3. The summed E-state index contributed by atoms with van der Waals surface area (Å²) < 4.78 is 0. The number of nitrogens with two attached hydrogens (primary N) is 1. The number of H-pyrrole nitrogens is 1. The van der Waals surface area contributed by atoms with E-state index < -0.39 is 0 Å². The molecule has 1 saturated heterocycles. The fraction of sp³-hybridized carbons (Fsp3) is 0.417. The van der Waals surface area contributed by atoms with Crippen molar-refractivity contribution in [2.45, 2.75) is 18.9 Å². The van der Waals surface area contributed by atoms with Crippen molar-refractivity contribution < 1.29 is 5.11 Å². The molecule has 1 unspecified atom stereocenters. The second-order valence-electron chi connectivity index (χ2n) is 4.76. The van der Waals surface area contributed by atoms with Crippen LogP contribution >= 0.6 is 0 Å². The minimum Gasteiger partial charge on any atom is -0.506 e. The first-order chi connectivity index (χ1) is 9.22. The Balaban J connectivity index is 1.83. The molecular formula is C12H16N6O. The Hall–Kier alpha value is -2.15. The van der Waals surface area contributed by atoms with Crippen LogP contribution in [0.25, 0.3) is 11.4 Å². The number of aromatic nitrogens is 4. The van der Waals surface area contributed by atoms with Gasteiger partial charge in [-0.3, -0.25) is 10.1 Å². The predicted molar refractivity (Wildman–Crippen MR) is 70.7 cm³/mol. The second-order valence-corrected chi connectivity index (χ2v) is 4.76. The topological polar surface area (TPSA) is 104 Å². The summed E-state index contributed by atoms with van der Waals surface area (Å²) >= 11 is 0. The smallest absolute Gasteiger partial charge is 0.245 e. The summed E-state index contributed by atoms with van der Waals surface area (Å²) in [5.41, 5.74) is 6.66. The van der Waals surface area contributed by atoms with Gasteiger partial charge in [0.15, 0.2) is 5.82 Å². The molecule has 100 valence electrons. The quantitative estimate of drug-likeness (QED) is 0.726. The molecule has 4 N–H and O–H groups in total. The van der Waals surface area contributed by atoms with Gasteiger partial charge in [-0.15, -0.1) is 5.10 Å². The van der Waals surface area contributed by atoms with Crippen LogP contribution in [-0.4, -0.2) is 44.4 Å². The van der Waals surface area contributed by atoms with Crippen LogP contribution in [0.15, 0.2) is 18.5 Å². The third-order valence-corrected chi connectivity index (χ3v) is 3.21. The molecule has 0 radical (unpaired) electrons. The number of aromatic hydroxyl groups is 1. The van der Waals surface area contributed by atoms with Crippen LogP contribution in [0.1, 0.15) is 12.8 Å². The molecular weight excluding hydrogens is 244 g/mol. The summed E-state index contributed by atoms with van der Waals surface area (Å²) in [6.45, 7) is 1.69. The Bertz CT molecular complexity index is 569. The molecule has 1 fully saturated rings. The van der Waals surface area contributed by atoms with Gasteiger partial charge >= 0.3 is 0 Å². The summed E-state index contributed by atoms with van der Waals surface area (Å²) in [7, 11) is 0. The Labute approximate surface area is 110 Å². The largest absolute Gasteiger partial charge is 0.506 e. The normalized spacial score (nSPS) is 19.6. The molecule has 3 rings (SSSR count). The third kappa shape index (κ3) is 2.50. The SMILES string of the molecule is NC1CCCN(c2n[nH]c(-c3cncc(O)c3)n2)C1. The number of pyridine rings is 1. The summed E-state index contributed by atoms with van der Waals surface area (Å²) in [5, 5.41) is 16.5. The van der Waals surface area contributed by atoms with Gasteiger partial charge in [-0.2, -0.15) is 4.98 Å². The van der Waals surface area contributed by atoms with Crippen molar-refractivity contribution in [1.29, 1.82) is 0 Å². The average molecular weight is 260 g/mol. The van der Waals surface area contributed by atoms with Gasteiger partial charge in [-0.05, 0) is 18.9 Å². The number of aromatic amines is 1. The minimum atomic E-state index is 0.107. The molecule has 2 aromatic rings. The van der Waals surface area contributed by atoms with Gasteiger partial charge in [0, 0.05) is 30.9 Å². The molecule has 0 saturated carbocycles. The monoisotopic (exact) mass is 260 g/mol. The van der Waals surface area contributed by atoms with E-state index in [9.17, 15) is 5.11 Å². The highest BCUT2D eigenvalue weighted by Gasteiger charge is 2.20. The molecule has 1 aliphatic heterocycles. The Kier molecular flexibility index (Phi) is 3.04. The number of piperidine rings is 1. The lowest BCUT2D eigenvalue weighted by atomic mass is 10.1. The average Bonchev–Trinajstić information content (AvgIpc) is 2.88. The molecule has 7 heteroatoms. The molecule has 19 heavy (non-hydrogen) atoms. The van der Waals surface area contributed by atoms with Crippen molar-refractivity contribution >= 4 is 5.95 Å². The zero-order valence-corrected chi connectivity index (χ0v) is 10.5. The van der Waals surface area contributed by atoms with Gasteiger partial charge in [0.25, 0.3) is 0 Å². The van der Waals surface area contributed by atoms with Gasteiger partial charge in [0.05, 0.1) is 6.20 Å². The van der Waals surface area contributed by atoms with Crippen LogP contribution in [0.5, 0.6) is 5.75 Å². The third-order valence-electron chi connectivity index (χ3n) is 3.21. The fourth-order valence-electron chi connectivity index (χ4n) is 2.27. The molecule has 3 heterocycles. The van der Waals surface area contributed by atoms with Gasteiger partial charge in [-0.25, -0.2) is 0 Å². The van der Waals surface area contributed by atoms with Crippen molar-refractivity contribution in [2.75, 3.05) is 18.0 Å².